The van der Waals surface area contributed by atoms with Gasteiger partial charge in [-0.3, -0.25) is 4.79 Å². The number of esters is 1. The monoisotopic (exact) mass is 250 g/mol. The molecule has 0 saturated carbocycles. The van der Waals surface area contributed by atoms with E-state index in [0.717, 1.165) is 16.7 Å². The van der Waals surface area contributed by atoms with Crippen molar-refractivity contribution in [3.63, 3.8) is 0 Å². The van der Waals surface area contributed by atoms with Gasteiger partial charge in [-0.25, -0.2) is 0 Å². The van der Waals surface area contributed by atoms with Gasteiger partial charge < -0.3 is 9.47 Å². The molecule has 100 valence electrons. The second-order valence-corrected chi connectivity index (χ2v) is 4.43. The van der Waals surface area contributed by atoms with Crippen LogP contribution < -0.4 is 4.74 Å². The molecule has 0 radical (unpaired) electrons. The van der Waals surface area contributed by atoms with Crippen LogP contribution in [0.15, 0.2) is 12.1 Å². The maximum atomic E-state index is 11.7. The van der Waals surface area contributed by atoms with Crippen molar-refractivity contribution < 1.29 is 14.3 Å². The van der Waals surface area contributed by atoms with Crippen molar-refractivity contribution >= 4 is 5.97 Å². The molecule has 0 aliphatic rings. The Balaban J connectivity index is 2.57. The average molecular weight is 250 g/mol. The van der Waals surface area contributed by atoms with Crippen molar-refractivity contribution in [3.05, 3.63) is 28.8 Å². The van der Waals surface area contributed by atoms with E-state index in [1.807, 2.05) is 39.8 Å². The normalized spacial score (nSPS) is 10.4. The summed E-state index contributed by atoms with van der Waals surface area (Å²) >= 11 is 0. The van der Waals surface area contributed by atoms with Crippen LogP contribution in [-0.4, -0.2) is 19.2 Å². The van der Waals surface area contributed by atoms with Gasteiger partial charge >= 0.3 is 5.97 Å². The second kappa shape index (κ2) is 7.17. The Morgan fingerprint density at radius 3 is 2.50 bits per heavy atom. The van der Waals surface area contributed by atoms with Crippen molar-refractivity contribution in [2.24, 2.45) is 0 Å². The highest BCUT2D eigenvalue weighted by Gasteiger charge is 2.11. The Kier molecular flexibility index (Phi) is 5.86. The van der Waals surface area contributed by atoms with E-state index >= 15 is 0 Å². The third-order valence-electron chi connectivity index (χ3n) is 2.96. The van der Waals surface area contributed by atoms with Crippen LogP contribution in [0, 0.1) is 20.8 Å². The summed E-state index contributed by atoms with van der Waals surface area (Å²) in [5, 5.41) is 0. The molecule has 18 heavy (non-hydrogen) atoms. The van der Waals surface area contributed by atoms with Crippen LogP contribution in [0.2, 0.25) is 0 Å². The fourth-order valence-electron chi connectivity index (χ4n) is 1.71. The van der Waals surface area contributed by atoms with Gasteiger partial charge in [0.25, 0.3) is 0 Å². The molecule has 0 unspecified atom stereocenters. The molecule has 0 fully saturated rings. The molecule has 0 saturated heterocycles. The maximum Gasteiger partial charge on any atom is 0.311 e. The summed E-state index contributed by atoms with van der Waals surface area (Å²) in [6, 6.07) is 4.02. The lowest BCUT2D eigenvalue weighted by Gasteiger charge is -2.12. The third-order valence-corrected chi connectivity index (χ3v) is 2.96. The van der Waals surface area contributed by atoms with Crippen molar-refractivity contribution in [2.45, 2.75) is 40.5 Å². The van der Waals surface area contributed by atoms with Crippen molar-refractivity contribution in [1.82, 2.24) is 0 Å². The molecule has 3 heteroatoms. The number of benzene rings is 1. The molecule has 0 bridgehead atoms. The van der Waals surface area contributed by atoms with Gasteiger partial charge in [0, 0.05) is 19.6 Å². The predicted molar refractivity (Wildman–Crippen MR) is 72.0 cm³/mol. The lowest BCUT2D eigenvalue weighted by atomic mass is 10.1. The van der Waals surface area contributed by atoms with Crippen LogP contribution in [0.25, 0.3) is 0 Å². The largest absolute Gasteiger partial charge is 0.426 e. The van der Waals surface area contributed by atoms with Gasteiger partial charge in [-0.1, -0.05) is 12.1 Å². The van der Waals surface area contributed by atoms with Crippen LogP contribution in [0.1, 0.15) is 36.5 Å². The standard InChI is InChI=1S/C15H22O3/c1-5-17-10-6-7-14(16)18-15-12(3)9-8-11(2)13(15)4/h8-9H,5-7,10H2,1-4H3. The van der Waals surface area contributed by atoms with Crippen LogP contribution in [-0.2, 0) is 9.53 Å². The average Bonchev–Trinajstić information content (AvgIpc) is 2.35. The second-order valence-electron chi connectivity index (χ2n) is 4.43. The van der Waals surface area contributed by atoms with Gasteiger partial charge in [0.15, 0.2) is 0 Å². The Morgan fingerprint density at radius 2 is 1.83 bits per heavy atom. The van der Waals surface area contributed by atoms with Gasteiger partial charge in [0.2, 0.25) is 0 Å². The van der Waals surface area contributed by atoms with Gasteiger partial charge in [-0.15, -0.1) is 0 Å². The maximum absolute atomic E-state index is 11.7. The van der Waals surface area contributed by atoms with Crippen LogP contribution in [0.3, 0.4) is 0 Å². The van der Waals surface area contributed by atoms with Crippen molar-refractivity contribution in [2.75, 3.05) is 13.2 Å². The van der Waals surface area contributed by atoms with Gasteiger partial charge in [-0.2, -0.15) is 0 Å². The first-order valence-corrected chi connectivity index (χ1v) is 6.41. The Hall–Kier alpha value is -1.35. The molecular formula is C15H22O3. The summed E-state index contributed by atoms with van der Waals surface area (Å²) in [6.07, 6.45) is 1.10. The fraction of sp³-hybridized carbons (Fsp3) is 0.533. The SMILES string of the molecule is CCOCCCC(=O)Oc1c(C)ccc(C)c1C. The molecule has 1 aromatic carbocycles. The number of hydrogen-bond acceptors (Lipinski definition) is 3. The lowest BCUT2D eigenvalue weighted by Crippen LogP contribution is -2.11. The molecule has 0 aliphatic carbocycles. The zero-order chi connectivity index (χ0) is 13.5. The highest BCUT2D eigenvalue weighted by atomic mass is 16.5. The van der Waals surface area contributed by atoms with Gasteiger partial charge in [0.1, 0.15) is 5.75 Å². The smallest absolute Gasteiger partial charge is 0.311 e. The van der Waals surface area contributed by atoms with E-state index in [9.17, 15) is 4.79 Å². The van der Waals surface area contributed by atoms with Crippen LogP contribution >= 0.6 is 0 Å². The fourth-order valence-corrected chi connectivity index (χ4v) is 1.71. The van der Waals surface area contributed by atoms with Crippen molar-refractivity contribution in [3.8, 4) is 5.75 Å². The molecule has 0 aliphatic heterocycles. The summed E-state index contributed by atoms with van der Waals surface area (Å²) < 4.78 is 10.6. The molecule has 0 spiro atoms. The predicted octanol–water partition coefficient (Wildman–Crippen LogP) is 3.33. The number of aryl methyl sites for hydroxylation is 2. The zero-order valence-electron chi connectivity index (χ0n) is 11.7. The highest BCUT2D eigenvalue weighted by Crippen LogP contribution is 2.26. The topological polar surface area (TPSA) is 35.5 Å². The quantitative estimate of drug-likeness (QED) is 0.441. The molecular weight excluding hydrogens is 228 g/mol. The molecule has 0 N–H and O–H groups in total. The lowest BCUT2D eigenvalue weighted by molar-refractivity contribution is -0.134. The molecule has 0 aromatic heterocycles. The van der Waals surface area contributed by atoms with E-state index in [0.29, 0.717) is 31.8 Å². The zero-order valence-corrected chi connectivity index (χ0v) is 11.7. The molecule has 0 heterocycles. The minimum absolute atomic E-state index is 0.188. The van der Waals surface area contributed by atoms with E-state index < -0.39 is 0 Å². The van der Waals surface area contributed by atoms with E-state index in [1.54, 1.807) is 0 Å². The number of rotatable bonds is 6. The molecule has 3 nitrogen and oxygen atoms in total. The molecule has 1 rings (SSSR count). The summed E-state index contributed by atoms with van der Waals surface area (Å²) in [5.74, 6) is 0.517. The molecule has 1 aromatic rings. The highest BCUT2D eigenvalue weighted by molar-refractivity contribution is 5.73. The Morgan fingerprint density at radius 1 is 1.17 bits per heavy atom. The number of carbonyl (C=O) groups excluding carboxylic acids is 1. The first-order chi connectivity index (χ1) is 8.56. The number of carbonyl (C=O) groups is 1. The summed E-state index contributed by atoms with van der Waals surface area (Å²) in [6.45, 7) is 9.18. The Bertz CT molecular complexity index is 410. The van der Waals surface area contributed by atoms with E-state index in [-0.39, 0.29) is 5.97 Å². The minimum atomic E-state index is -0.188. The summed E-state index contributed by atoms with van der Waals surface area (Å²) in [7, 11) is 0. The summed E-state index contributed by atoms with van der Waals surface area (Å²) in [4.78, 5) is 11.7. The minimum Gasteiger partial charge on any atom is -0.426 e. The van der Waals surface area contributed by atoms with Gasteiger partial charge in [-0.05, 0) is 50.8 Å². The van der Waals surface area contributed by atoms with E-state index in [4.69, 9.17) is 9.47 Å². The van der Waals surface area contributed by atoms with Crippen LogP contribution in [0.4, 0.5) is 0 Å². The molecule has 0 atom stereocenters. The number of ether oxygens (including phenoxy) is 2. The molecule has 0 amide bonds. The van der Waals surface area contributed by atoms with Crippen molar-refractivity contribution in [1.29, 1.82) is 0 Å². The van der Waals surface area contributed by atoms with Gasteiger partial charge in [0.05, 0.1) is 0 Å². The first-order valence-electron chi connectivity index (χ1n) is 6.41. The summed E-state index contributed by atoms with van der Waals surface area (Å²) in [5.41, 5.74) is 3.17. The first kappa shape index (κ1) is 14.7. The Labute approximate surface area is 109 Å². The van der Waals surface area contributed by atoms with Crippen LogP contribution in [0.5, 0.6) is 5.75 Å². The van der Waals surface area contributed by atoms with E-state index in [2.05, 4.69) is 0 Å². The third kappa shape index (κ3) is 4.15. The van der Waals surface area contributed by atoms with E-state index in [1.165, 1.54) is 0 Å². The number of hydrogen-bond donors (Lipinski definition) is 0.